The van der Waals surface area contributed by atoms with Crippen molar-refractivity contribution in [3.8, 4) is 0 Å². The highest BCUT2D eigenvalue weighted by Gasteiger charge is 2.46. The zero-order valence-electron chi connectivity index (χ0n) is 24.4. The summed E-state index contributed by atoms with van der Waals surface area (Å²) in [6.45, 7) is 3.59. The highest BCUT2D eigenvalue weighted by atomic mass is 32.2. The first-order valence-corrected chi connectivity index (χ1v) is 17.7. The van der Waals surface area contributed by atoms with Crippen LogP contribution in [-0.4, -0.2) is 32.0 Å². The standard InChI is InChI=1S/C34H37N2O5PS/c1-3-41-34(37)36(43(39,40)31-21-19-26(2)20-22-31)24-23-28-25-32(28)33(27-13-7-4-8-14-27)35-42(38,29-15-9-5-10-16-29)30-17-11-6-12-18-30/h4-22,28,32-33H,3,23-25H2,1-2H3,(H,35,38)/t28?,32?,33-/m0/s1. The zero-order valence-corrected chi connectivity index (χ0v) is 26.1. The van der Waals surface area contributed by atoms with Crippen molar-refractivity contribution in [2.24, 2.45) is 11.8 Å². The fourth-order valence-electron chi connectivity index (χ4n) is 5.48. The van der Waals surface area contributed by atoms with Gasteiger partial charge in [0.1, 0.15) is 0 Å². The van der Waals surface area contributed by atoms with Gasteiger partial charge in [-0.25, -0.2) is 17.5 Å². The molecule has 1 aliphatic rings. The minimum absolute atomic E-state index is 0.00719. The predicted molar refractivity (Wildman–Crippen MR) is 170 cm³/mol. The lowest BCUT2D eigenvalue weighted by atomic mass is 10.0. The number of carbonyl (C=O) groups is 1. The number of carbonyl (C=O) groups excluding carboxylic acids is 1. The van der Waals surface area contributed by atoms with Crippen LogP contribution < -0.4 is 15.7 Å². The second-order valence-corrected chi connectivity index (χ2v) is 15.2. The van der Waals surface area contributed by atoms with E-state index in [0.717, 1.165) is 32.5 Å². The molecule has 224 valence electrons. The van der Waals surface area contributed by atoms with Gasteiger partial charge in [-0.3, -0.25) is 9.65 Å². The smallest absolute Gasteiger partial charge is 0.423 e. The van der Waals surface area contributed by atoms with Crippen LogP contribution in [0.2, 0.25) is 0 Å². The predicted octanol–water partition coefficient (Wildman–Crippen LogP) is 6.43. The van der Waals surface area contributed by atoms with E-state index in [1.165, 1.54) is 12.1 Å². The van der Waals surface area contributed by atoms with Crippen molar-refractivity contribution in [3.05, 3.63) is 126 Å². The van der Waals surface area contributed by atoms with Crippen molar-refractivity contribution in [3.63, 3.8) is 0 Å². The van der Waals surface area contributed by atoms with E-state index in [1.54, 1.807) is 19.1 Å². The Morgan fingerprint density at radius 1 is 0.884 bits per heavy atom. The summed E-state index contributed by atoms with van der Waals surface area (Å²) >= 11 is 0. The quantitative estimate of drug-likeness (QED) is 0.185. The third-order valence-corrected chi connectivity index (χ3v) is 12.4. The summed E-state index contributed by atoms with van der Waals surface area (Å²) in [6, 6.07) is 35.1. The Hall–Kier alpha value is -3.71. The van der Waals surface area contributed by atoms with E-state index in [0.29, 0.717) is 6.42 Å². The summed E-state index contributed by atoms with van der Waals surface area (Å²) < 4.78 is 47.9. The minimum atomic E-state index is -4.10. The number of nitrogens with one attached hydrogen (secondary N) is 1. The molecule has 1 saturated carbocycles. The molecule has 4 aromatic rings. The van der Waals surface area contributed by atoms with Crippen LogP contribution in [0.4, 0.5) is 4.79 Å². The third kappa shape index (κ3) is 6.93. The average molecular weight is 617 g/mol. The third-order valence-electron chi connectivity index (χ3n) is 7.91. The molecule has 0 aromatic heterocycles. The van der Waals surface area contributed by atoms with Gasteiger partial charge in [0.2, 0.25) is 7.29 Å². The lowest BCUT2D eigenvalue weighted by molar-refractivity contribution is 0.130. The van der Waals surface area contributed by atoms with Gasteiger partial charge in [0.25, 0.3) is 10.0 Å². The molecule has 0 aliphatic heterocycles. The Balaban J connectivity index is 1.41. The van der Waals surface area contributed by atoms with Gasteiger partial charge < -0.3 is 4.74 Å². The van der Waals surface area contributed by atoms with Gasteiger partial charge in [-0.05, 0) is 80.5 Å². The Bertz CT molecular complexity index is 1620. The summed E-state index contributed by atoms with van der Waals surface area (Å²) in [7, 11) is -7.35. The lowest BCUT2D eigenvalue weighted by Crippen LogP contribution is -2.38. The largest absolute Gasteiger partial charge is 0.449 e. The van der Waals surface area contributed by atoms with Gasteiger partial charge in [0.15, 0.2) is 0 Å². The molecule has 9 heteroatoms. The monoisotopic (exact) mass is 616 g/mol. The fraction of sp³-hybridized carbons (Fsp3) is 0.265. The minimum Gasteiger partial charge on any atom is -0.449 e. The van der Waals surface area contributed by atoms with Crippen molar-refractivity contribution in [2.75, 3.05) is 13.2 Å². The van der Waals surface area contributed by atoms with Crippen molar-refractivity contribution in [2.45, 2.75) is 37.6 Å². The number of rotatable bonds is 12. The number of ether oxygens (including phenoxy) is 1. The molecule has 3 atom stereocenters. The molecular formula is C34H37N2O5PS. The van der Waals surface area contributed by atoms with Gasteiger partial charge in [0.05, 0.1) is 11.5 Å². The molecule has 7 nitrogen and oxygen atoms in total. The highest BCUT2D eigenvalue weighted by Crippen LogP contribution is 2.53. The first kappa shape index (κ1) is 30.7. The molecule has 1 aliphatic carbocycles. The maximum absolute atomic E-state index is 14.9. The molecule has 1 amide bonds. The van der Waals surface area contributed by atoms with E-state index in [9.17, 15) is 17.8 Å². The molecule has 4 aromatic carbocycles. The molecule has 0 saturated heterocycles. The van der Waals surface area contributed by atoms with Crippen molar-refractivity contribution < 1.29 is 22.5 Å². The van der Waals surface area contributed by atoms with Crippen molar-refractivity contribution in [1.29, 1.82) is 0 Å². The number of benzene rings is 4. The Kier molecular flexibility index (Phi) is 9.50. The SMILES string of the molecule is CCOC(=O)N(CCC1CC1[C@@H](NP(=O)(c1ccccc1)c1ccccc1)c1ccccc1)S(=O)(=O)c1ccc(C)cc1. The maximum atomic E-state index is 14.9. The van der Waals surface area contributed by atoms with Crippen LogP contribution >= 0.6 is 7.29 Å². The van der Waals surface area contributed by atoms with Crippen molar-refractivity contribution in [1.82, 2.24) is 9.39 Å². The van der Waals surface area contributed by atoms with Crippen LogP contribution in [0.1, 0.15) is 36.9 Å². The van der Waals surface area contributed by atoms with Gasteiger partial charge in [-0.1, -0.05) is 84.4 Å². The normalized spacial score (nSPS) is 17.2. The Morgan fingerprint density at radius 2 is 1.42 bits per heavy atom. The van der Waals surface area contributed by atoms with Gasteiger partial charge in [-0.2, -0.15) is 0 Å². The van der Waals surface area contributed by atoms with Gasteiger partial charge in [-0.15, -0.1) is 0 Å². The van der Waals surface area contributed by atoms with Gasteiger partial charge in [0, 0.05) is 23.2 Å². The Morgan fingerprint density at radius 3 is 1.95 bits per heavy atom. The summed E-state index contributed by atoms with van der Waals surface area (Å²) in [4.78, 5) is 12.9. The van der Waals surface area contributed by atoms with E-state index in [4.69, 9.17) is 4.74 Å². The van der Waals surface area contributed by atoms with Crippen LogP contribution in [0.25, 0.3) is 0 Å². The van der Waals surface area contributed by atoms with E-state index in [1.807, 2.05) is 97.9 Å². The number of nitrogens with zero attached hydrogens (tertiary/aromatic N) is 1. The van der Waals surface area contributed by atoms with Gasteiger partial charge >= 0.3 is 6.09 Å². The summed E-state index contributed by atoms with van der Waals surface area (Å²) in [5.74, 6) is 0.206. The summed E-state index contributed by atoms with van der Waals surface area (Å²) in [5.41, 5.74) is 1.93. The zero-order chi connectivity index (χ0) is 30.5. The van der Waals surface area contributed by atoms with Crippen LogP contribution in [0.5, 0.6) is 0 Å². The molecular weight excluding hydrogens is 579 g/mol. The van der Waals surface area contributed by atoms with Crippen molar-refractivity contribution >= 4 is 34.0 Å². The average Bonchev–Trinajstić information content (AvgIpc) is 3.80. The summed E-state index contributed by atoms with van der Waals surface area (Å²) in [5, 5.41) is 5.03. The topological polar surface area (TPSA) is 92.8 Å². The molecule has 43 heavy (non-hydrogen) atoms. The number of sulfonamides is 1. The Labute approximate surface area is 254 Å². The second kappa shape index (κ2) is 13.3. The fourth-order valence-corrected chi connectivity index (χ4v) is 9.33. The molecule has 0 bridgehead atoms. The van der Waals surface area contributed by atoms with E-state index in [-0.39, 0.29) is 35.9 Å². The van der Waals surface area contributed by atoms with E-state index >= 15 is 0 Å². The first-order valence-electron chi connectivity index (χ1n) is 14.5. The summed E-state index contributed by atoms with van der Waals surface area (Å²) in [6.07, 6.45) is 0.383. The van der Waals surface area contributed by atoms with Crippen LogP contribution in [-0.2, 0) is 19.3 Å². The highest BCUT2D eigenvalue weighted by molar-refractivity contribution is 7.89. The van der Waals surface area contributed by atoms with E-state index < -0.39 is 23.4 Å². The maximum Gasteiger partial charge on any atom is 0.423 e. The number of amides is 1. The lowest BCUT2D eigenvalue weighted by Gasteiger charge is -2.28. The molecule has 0 radical (unpaired) electrons. The molecule has 1 N–H and O–H groups in total. The first-order chi connectivity index (χ1) is 20.7. The molecule has 1 fully saturated rings. The number of hydrogen-bond donors (Lipinski definition) is 1. The molecule has 2 unspecified atom stereocenters. The number of aryl methyl sites for hydroxylation is 1. The second-order valence-electron chi connectivity index (χ2n) is 10.8. The molecule has 5 rings (SSSR count). The molecule has 0 heterocycles. The molecule has 0 spiro atoms. The number of hydrogen-bond acceptors (Lipinski definition) is 5. The van der Waals surface area contributed by atoms with Crippen LogP contribution in [0, 0.1) is 18.8 Å². The van der Waals surface area contributed by atoms with E-state index in [2.05, 4.69) is 5.09 Å². The van der Waals surface area contributed by atoms with Crippen LogP contribution in [0.15, 0.2) is 120 Å². The van der Waals surface area contributed by atoms with Crippen LogP contribution in [0.3, 0.4) is 0 Å².